The first-order valence-electron chi connectivity index (χ1n) is 12.9. The Bertz CT molecular complexity index is 1580. The SMILES string of the molecule is CC1=C2c3sccc3C1[Si]2(C)C.CC1=Cc2c(-c3ccc(C(C(F)(F)F)(C(F)(F)F)C(F)(F)F)cc3)cccc2[CH]1[Zr+2].[Cl-].[Cl-]. The predicted molar refractivity (Wildman–Crippen MR) is 145 cm³/mol. The van der Waals surface area contributed by atoms with Gasteiger partial charge in [0.05, 0.1) is 8.07 Å². The Hall–Kier alpha value is -1.33. The number of hydrogen-bond donors (Lipinski definition) is 0. The number of fused-ring (bicyclic) bond motifs is 1. The van der Waals surface area contributed by atoms with Gasteiger partial charge in [-0.2, -0.15) is 0 Å². The fraction of sp³-hybridized carbons (Fsp3) is 0.333. The van der Waals surface area contributed by atoms with Crippen LogP contribution in [0, 0.1) is 0 Å². The van der Waals surface area contributed by atoms with Gasteiger partial charge in [-0.15, -0.1) is 11.3 Å². The van der Waals surface area contributed by atoms with Crippen molar-refractivity contribution in [2.75, 3.05) is 0 Å². The van der Waals surface area contributed by atoms with Crippen molar-refractivity contribution in [3.8, 4) is 11.1 Å². The molecule has 1 aromatic heterocycles. The van der Waals surface area contributed by atoms with Crippen LogP contribution in [0.5, 0.6) is 0 Å². The zero-order valence-corrected chi connectivity index (χ0v) is 29.3. The molecular formula is C30H24Cl2F9SSiZr. The van der Waals surface area contributed by atoms with Crippen molar-refractivity contribution < 1.29 is 89.0 Å². The summed E-state index contributed by atoms with van der Waals surface area (Å²) in [6.45, 7) is 9.24. The van der Waals surface area contributed by atoms with Gasteiger partial charge in [0.15, 0.2) is 0 Å². The van der Waals surface area contributed by atoms with Gasteiger partial charge >= 0.3 is 181 Å². The molecule has 2 unspecified atom stereocenters. The minimum atomic E-state index is -6.63. The van der Waals surface area contributed by atoms with Crippen LogP contribution in [0.1, 0.15) is 50.1 Å². The van der Waals surface area contributed by atoms with Crippen molar-refractivity contribution in [3.05, 3.63) is 92.2 Å². The summed E-state index contributed by atoms with van der Waals surface area (Å²) in [5.41, 5.74) is -0.135. The largest absolute Gasteiger partial charge is 1.00 e. The molecule has 2 aliphatic heterocycles. The van der Waals surface area contributed by atoms with Crippen molar-refractivity contribution in [2.45, 2.75) is 60.1 Å². The van der Waals surface area contributed by atoms with Crippen LogP contribution in [0.2, 0.25) is 13.1 Å². The number of hydrogen-bond acceptors (Lipinski definition) is 1. The van der Waals surface area contributed by atoms with E-state index in [4.69, 9.17) is 0 Å². The van der Waals surface area contributed by atoms with Gasteiger partial charge in [-0.1, -0.05) is 18.7 Å². The summed E-state index contributed by atoms with van der Waals surface area (Å²) < 4.78 is 120. The van der Waals surface area contributed by atoms with Crippen LogP contribution in [-0.4, -0.2) is 26.6 Å². The van der Waals surface area contributed by atoms with E-state index in [1.54, 1.807) is 33.3 Å². The molecule has 14 heteroatoms. The molecule has 2 bridgehead atoms. The van der Waals surface area contributed by atoms with Crippen molar-refractivity contribution >= 4 is 30.7 Å². The van der Waals surface area contributed by atoms with Gasteiger partial charge < -0.3 is 24.8 Å². The van der Waals surface area contributed by atoms with Crippen LogP contribution in [0.15, 0.2) is 65.1 Å². The average Bonchev–Trinajstić information content (AvgIpc) is 3.54. The molecule has 7 rings (SSSR count). The van der Waals surface area contributed by atoms with Crippen LogP contribution in [0.25, 0.3) is 22.4 Å². The summed E-state index contributed by atoms with van der Waals surface area (Å²) in [4.78, 5) is 1.63. The molecule has 0 saturated carbocycles. The Balaban J connectivity index is 0.000000313. The molecule has 2 aromatic carbocycles. The molecule has 44 heavy (non-hydrogen) atoms. The van der Waals surface area contributed by atoms with E-state index in [0.29, 0.717) is 5.56 Å². The first kappa shape index (κ1) is 37.1. The molecule has 0 N–H and O–H groups in total. The molecule has 0 fully saturated rings. The maximum Gasteiger partial charge on any atom is -1.00 e. The quantitative estimate of drug-likeness (QED) is 0.262. The van der Waals surface area contributed by atoms with E-state index in [2.05, 4.69) is 31.5 Å². The topological polar surface area (TPSA) is 0 Å². The zero-order valence-electron chi connectivity index (χ0n) is 23.5. The minimum absolute atomic E-state index is 0. The zero-order chi connectivity index (χ0) is 31.2. The van der Waals surface area contributed by atoms with Crippen molar-refractivity contribution in [1.82, 2.24) is 0 Å². The predicted octanol–water partition coefficient (Wildman–Crippen LogP) is 4.71. The summed E-state index contributed by atoms with van der Waals surface area (Å²) in [6.07, 6.45) is -18.0. The number of alkyl halides is 9. The number of halogens is 11. The Morgan fingerprint density at radius 3 is 1.77 bits per heavy atom. The van der Waals surface area contributed by atoms with Crippen LogP contribution in [0.4, 0.5) is 39.5 Å². The van der Waals surface area contributed by atoms with Crippen LogP contribution in [-0.2, 0) is 30.1 Å². The molecule has 3 aromatic rings. The fourth-order valence-electron chi connectivity index (χ4n) is 6.78. The van der Waals surface area contributed by atoms with Gasteiger partial charge in [-0.3, -0.25) is 0 Å². The van der Waals surface area contributed by atoms with Gasteiger partial charge in [0.25, 0.3) is 0 Å². The third-order valence-corrected chi connectivity index (χ3v) is 15.7. The Morgan fingerprint density at radius 1 is 0.750 bits per heavy atom. The molecule has 0 nitrogen and oxygen atoms in total. The Kier molecular flexibility index (Phi) is 10.2. The van der Waals surface area contributed by atoms with E-state index in [1.165, 1.54) is 24.7 Å². The second kappa shape index (κ2) is 12.0. The molecule has 4 aliphatic rings. The number of thiophene rings is 1. The summed E-state index contributed by atoms with van der Waals surface area (Å²) in [5.74, 6) is 0. The average molecular weight is 778 g/mol. The van der Waals surface area contributed by atoms with E-state index in [0.717, 1.165) is 34.4 Å². The van der Waals surface area contributed by atoms with Gasteiger partial charge in [0.1, 0.15) is 0 Å². The van der Waals surface area contributed by atoms with E-state index in [9.17, 15) is 39.5 Å². The number of allylic oxidation sites excluding steroid dienone is 2. The van der Waals surface area contributed by atoms with Gasteiger partial charge in [-0.25, -0.2) is 0 Å². The van der Waals surface area contributed by atoms with Gasteiger partial charge in [-0.05, 0) is 29.1 Å². The molecule has 0 amide bonds. The molecule has 2 aliphatic carbocycles. The monoisotopic (exact) mass is 775 g/mol. The van der Waals surface area contributed by atoms with Crippen molar-refractivity contribution in [1.29, 1.82) is 0 Å². The second-order valence-electron chi connectivity index (χ2n) is 11.4. The van der Waals surface area contributed by atoms with Gasteiger partial charge in [0.2, 0.25) is 0 Å². The smallest absolute Gasteiger partial charge is 1.00 e. The van der Waals surface area contributed by atoms with Crippen LogP contribution < -0.4 is 24.8 Å². The third kappa shape index (κ3) is 5.32. The number of rotatable bonds is 2. The maximum absolute atomic E-state index is 13.3. The summed E-state index contributed by atoms with van der Waals surface area (Å²) in [6, 6.07) is 9.75. The number of benzene rings is 2. The van der Waals surface area contributed by atoms with Crippen molar-refractivity contribution in [2.24, 2.45) is 0 Å². The first-order chi connectivity index (χ1) is 19.3. The van der Waals surface area contributed by atoms with E-state index < -0.39 is 37.6 Å². The molecule has 0 radical (unpaired) electrons. The second-order valence-corrected chi connectivity index (χ2v) is 18.2. The Morgan fingerprint density at radius 2 is 1.30 bits per heavy atom. The van der Waals surface area contributed by atoms with E-state index >= 15 is 0 Å². The molecule has 0 spiro atoms. The maximum atomic E-state index is 13.3. The Labute approximate surface area is 281 Å². The third-order valence-electron chi connectivity index (χ3n) is 8.61. The molecule has 2 atom stereocenters. The molecule has 3 heterocycles. The minimum Gasteiger partial charge on any atom is -1.00 e. The molecule has 0 saturated heterocycles. The summed E-state index contributed by atoms with van der Waals surface area (Å²) >= 11 is 3.15. The summed E-state index contributed by atoms with van der Waals surface area (Å²) in [7, 11) is -0.972. The van der Waals surface area contributed by atoms with Gasteiger partial charge in [0, 0.05) is 10.4 Å². The van der Waals surface area contributed by atoms with Crippen LogP contribution >= 0.6 is 11.3 Å². The first-order valence-corrected chi connectivity index (χ1v) is 18.3. The normalized spacial score (nSPS) is 19.9. The van der Waals surface area contributed by atoms with Crippen molar-refractivity contribution in [3.63, 3.8) is 0 Å². The standard InChI is InChI=1S/C20H12F9.C10H12SSi.2ClH.Zr/c1-11-9-13-3-2-4-15(16(13)10-11)12-5-7-14(8-6-12)17(18(21,22)23,19(24,25)26)20(27,28)29;1-6-9-7-4-5-11-8(7)10(6)12(9,2)3;;;/h2-10H,1H3;4-5,9H,1-3H3;2*1H;/q;;;;+2/p-2. The summed E-state index contributed by atoms with van der Waals surface area (Å²) in [5, 5.41) is 4.02. The fourth-order valence-corrected chi connectivity index (χ4v) is 13.8. The molecule has 235 valence electrons. The van der Waals surface area contributed by atoms with E-state index in [1.807, 2.05) is 30.4 Å². The van der Waals surface area contributed by atoms with Crippen LogP contribution in [0.3, 0.4) is 0 Å². The molecular weight excluding hydrogens is 754 g/mol. The van der Waals surface area contributed by atoms with E-state index in [-0.39, 0.29) is 46.1 Å².